The van der Waals surface area contributed by atoms with Crippen LogP contribution < -0.4 is 5.73 Å². The molecule has 0 aliphatic rings. The van der Waals surface area contributed by atoms with Crippen LogP contribution in [-0.2, 0) is 4.79 Å². The van der Waals surface area contributed by atoms with Crippen molar-refractivity contribution in [2.75, 3.05) is 0 Å². The van der Waals surface area contributed by atoms with E-state index < -0.39 is 30.1 Å². The summed E-state index contributed by atoms with van der Waals surface area (Å²) in [7, 11) is 0. The number of rotatable bonds is 4. The first kappa shape index (κ1) is 6.43. The zero-order valence-electron chi connectivity index (χ0n) is 12.3. The lowest BCUT2D eigenvalue weighted by Gasteiger charge is -2.09. The Morgan fingerprint density at radius 2 is 2.07 bits per heavy atom. The second-order valence-corrected chi connectivity index (χ2v) is 2.58. The van der Waals surface area contributed by atoms with Gasteiger partial charge in [-0.2, -0.15) is 0 Å². The number of carboxylic acids is 1. The summed E-state index contributed by atoms with van der Waals surface area (Å²) < 4.78 is 37.7. The Hall–Kier alpha value is -1.06. The Balaban J connectivity index is 0.00000324. The Kier molecular flexibility index (Phi) is 2.94. The molecule has 0 radical (unpaired) electrons. The molecule has 1 aromatic rings. The lowest BCUT2D eigenvalue weighted by Crippen LogP contribution is -2.11. The number of hydrogen-bond acceptors (Lipinski definition) is 2. The number of hydrogen-bond donors (Lipinski definition) is 2. The van der Waals surface area contributed by atoms with Gasteiger partial charge in [-0.25, -0.2) is 0 Å². The highest BCUT2D eigenvalue weighted by atomic mass is 35.5. The maximum Gasteiger partial charge on any atom is 0.303 e. The van der Waals surface area contributed by atoms with Crippen LogP contribution in [0.15, 0.2) is 30.2 Å². The molecule has 4 heteroatoms. The second kappa shape index (κ2) is 6.40. The molecular weight excluding hydrogens is 202 g/mol. The third-order valence-electron chi connectivity index (χ3n) is 1.56. The monoisotopic (exact) mass is 220 g/mol. The van der Waals surface area contributed by atoms with E-state index >= 15 is 0 Å². The Morgan fingerprint density at radius 1 is 1.50 bits per heavy atom. The highest BCUT2D eigenvalue weighted by molar-refractivity contribution is 5.85. The van der Waals surface area contributed by atoms with Gasteiger partial charge in [0.05, 0.1) is 6.85 Å². The Bertz CT molecular complexity index is 468. The lowest BCUT2D eigenvalue weighted by atomic mass is 10.0. The van der Waals surface area contributed by atoms with Crippen molar-refractivity contribution in [2.45, 2.75) is 18.9 Å². The summed E-state index contributed by atoms with van der Waals surface area (Å²) in [6, 6.07) is -3.06. The van der Waals surface area contributed by atoms with E-state index in [2.05, 4.69) is 0 Å². The molecule has 0 bridgehead atoms. The predicted molar refractivity (Wildman–Crippen MR) is 57.5 cm³/mol. The zero-order chi connectivity index (χ0) is 14.0. The number of carbonyl (C=O) groups is 1. The quantitative estimate of drug-likeness (QED) is 0.816. The zero-order valence-corrected chi connectivity index (χ0v) is 8.15. The first-order valence-corrected chi connectivity index (χ1v) is 3.81. The average Bonchev–Trinajstić information content (AvgIpc) is 2.31. The van der Waals surface area contributed by atoms with Gasteiger partial charge < -0.3 is 10.8 Å². The minimum atomic E-state index is -1.04. The molecule has 0 aliphatic carbocycles. The fourth-order valence-electron chi connectivity index (χ4n) is 0.868. The number of nitrogens with two attached hydrogens (primary N) is 1. The van der Waals surface area contributed by atoms with Crippen LogP contribution in [-0.4, -0.2) is 11.1 Å². The molecule has 1 atom stereocenters. The number of carboxylic acid groups (broad SMARTS) is 1. The number of aliphatic carboxylic acids is 1. The first-order chi connectivity index (χ1) is 8.27. The second-order valence-electron chi connectivity index (χ2n) is 2.58. The van der Waals surface area contributed by atoms with Gasteiger partial charge in [-0.15, -0.1) is 12.4 Å². The molecule has 1 aromatic carbocycles. The van der Waals surface area contributed by atoms with Gasteiger partial charge in [0.2, 0.25) is 0 Å². The van der Waals surface area contributed by atoms with Crippen molar-refractivity contribution in [3.8, 4) is 0 Å². The van der Waals surface area contributed by atoms with Gasteiger partial charge in [-0.3, -0.25) is 4.79 Å². The van der Waals surface area contributed by atoms with Crippen molar-refractivity contribution in [1.29, 1.82) is 0 Å². The van der Waals surface area contributed by atoms with Crippen molar-refractivity contribution in [2.24, 2.45) is 5.73 Å². The summed E-state index contributed by atoms with van der Waals surface area (Å²) in [5.74, 6) is -1.04. The molecule has 78 valence electrons. The molecule has 0 saturated heterocycles. The molecule has 0 saturated carbocycles. The van der Waals surface area contributed by atoms with Gasteiger partial charge in [0.15, 0.2) is 0 Å². The molecule has 0 aliphatic heterocycles. The highest BCUT2D eigenvalue weighted by Gasteiger charge is 2.06. The van der Waals surface area contributed by atoms with Gasteiger partial charge in [0.1, 0.15) is 0 Å². The summed E-state index contributed by atoms with van der Waals surface area (Å²) in [5, 5.41) is 8.55. The smallest absolute Gasteiger partial charge is 0.303 e. The lowest BCUT2D eigenvalue weighted by molar-refractivity contribution is -0.137. The van der Waals surface area contributed by atoms with Gasteiger partial charge in [0, 0.05) is 12.5 Å². The number of halogens is 1. The van der Waals surface area contributed by atoms with E-state index in [1.807, 2.05) is 0 Å². The van der Waals surface area contributed by atoms with E-state index in [0.29, 0.717) is 0 Å². The van der Waals surface area contributed by atoms with E-state index in [9.17, 15) is 4.79 Å². The van der Waals surface area contributed by atoms with Crippen molar-refractivity contribution in [3.63, 3.8) is 0 Å². The van der Waals surface area contributed by atoms with E-state index in [-0.39, 0.29) is 42.9 Å². The molecule has 1 rings (SSSR count). The topological polar surface area (TPSA) is 63.3 Å². The van der Waals surface area contributed by atoms with E-state index in [1.165, 1.54) is 0 Å². The van der Waals surface area contributed by atoms with E-state index in [1.54, 1.807) is 0 Å². The van der Waals surface area contributed by atoms with Crippen molar-refractivity contribution in [1.82, 2.24) is 0 Å². The molecule has 3 nitrogen and oxygen atoms in total. The molecule has 0 amide bonds. The van der Waals surface area contributed by atoms with Crippen molar-refractivity contribution >= 4 is 18.4 Å². The van der Waals surface area contributed by atoms with Crippen LogP contribution in [0.25, 0.3) is 0 Å². The van der Waals surface area contributed by atoms with Gasteiger partial charge in [-0.05, 0) is 12.0 Å². The molecule has 0 heterocycles. The van der Waals surface area contributed by atoms with Crippen LogP contribution in [0, 0.1) is 0 Å². The summed E-state index contributed by atoms with van der Waals surface area (Å²) in [6.07, 6.45) is -0.202. The summed E-state index contributed by atoms with van der Waals surface area (Å²) in [5.41, 5.74) is 5.66. The van der Waals surface area contributed by atoms with Crippen LogP contribution >= 0.6 is 12.4 Å². The van der Waals surface area contributed by atoms with Gasteiger partial charge in [-0.1, -0.05) is 30.2 Å². The maximum atomic E-state index is 10.4. The molecule has 0 aromatic heterocycles. The summed E-state index contributed by atoms with van der Waals surface area (Å²) in [4.78, 5) is 10.4. The van der Waals surface area contributed by atoms with E-state index in [4.69, 9.17) is 17.7 Å². The standard InChI is InChI=1S/C10H13NO2.ClH/c11-9(6-7-10(12)13)8-4-2-1-3-5-8;/h1-5,9H,6-7,11H2,(H,12,13);1H/t9-;/m1./s1/i1D,2D,3D,4D,5D;. The first-order valence-electron chi connectivity index (χ1n) is 6.31. The van der Waals surface area contributed by atoms with Crippen LogP contribution in [0.4, 0.5) is 0 Å². The minimum Gasteiger partial charge on any atom is -0.481 e. The summed E-state index contributed by atoms with van der Waals surface area (Å²) in [6.45, 7) is 0. The molecule has 14 heavy (non-hydrogen) atoms. The average molecular weight is 221 g/mol. The molecule has 0 fully saturated rings. The Morgan fingerprint density at radius 3 is 2.57 bits per heavy atom. The van der Waals surface area contributed by atoms with Gasteiger partial charge in [0.25, 0.3) is 0 Å². The fraction of sp³-hybridized carbons (Fsp3) is 0.300. The predicted octanol–water partition coefficient (Wildman–Crippen LogP) is 1.97. The van der Waals surface area contributed by atoms with Crippen LogP contribution in [0.2, 0.25) is 0 Å². The Labute approximate surface area is 96.4 Å². The normalized spacial score (nSPS) is 16.5. The maximum absolute atomic E-state index is 10.4. The van der Waals surface area contributed by atoms with E-state index in [0.717, 1.165) is 0 Å². The SMILES string of the molecule is Cl.[2H]c1c([2H])c([2H])c([C@H](N)CCC(=O)O)c([2H])c1[2H]. The minimum absolute atomic E-state index is 0. The third-order valence-corrected chi connectivity index (χ3v) is 1.56. The summed E-state index contributed by atoms with van der Waals surface area (Å²) >= 11 is 0. The molecular formula is C10H14ClNO2. The fourth-order valence-corrected chi connectivity index (χ4v) is 0.868. The van der Waals surface area contributed by atoms with Crippen LogP contribution in [0.3, 0.4) is 0 Å². The van der Waals surface area contributed by atoms with Crippen molar-refractivity contribution in [3.05, 3.63) is 35.8 Å². The highest BCUT2D eigenvalue weighted by Crippen LogP contribution is 2.14. The van der Waals surface area contributed by atoms with Crippen LogP contribution in [0.5, 0.6) is 0 Å². The van der Waals surface area contributed by atoms with Gasteiger partial charge >= 0.3 is 5.97 Å². The molecule has 0 unspecified atom stereocenters. The molecule has 0 spiro atoms. The molecule has 3 N–H and O–H groups in total. The largest absolute Gasteiger partial charge is 0.481 e. The third kappa shape index (κ3) is 4.25. The number of benzene rings is 1. The van der Waals surface area contributed by atoms with Crippen molar-refractivity contribution < 1.29 is 16.8 Å². The van der Waals surface area contributed by atoms with Crippen LogP contribution in [0.1, 0.15) is 31.3 Å².